The van der Waals surface area contributed by atoms with Gasteiger partial charge >= 0.3 is 0 Å². The Bertz CT molecular complexity index is 1220. The van der Waals surface area contributed by atoms with Gasteiger partial charge in [0, 0.05) is 41.7 Å². The van der Waals surface area contributed by atoms with Gasteiger partial charge in [-0.3, -0.25) is 9.97 Å². The van der Waals surface area contributed by atoms with Crippen LogP contribution < -0.4 is 5.32 Å². The molecule has 34 heavy (non-hydrogen) atoms. The lowest BCUT2D eigenvalue weighted by Crippen LogP contribution is -2.28. The van der Waals surface area contributed by atoms with E-state index >= 15 is 0 Å². The number of aliphatic hydroxyl groups excluding tert-OH is 1. The van der Waals surface area contributed by atoms with Gasteiger partial charge < -0.3 is 15.0 Å². The number of hydrogen-bond donors (Lipinski definition) is 2. The molecule has 2 N–H and O–H groups in total. The summed E-state index contributed by atoms with van der Waals surface area (Å²) in [5.74, 6) is -0.475. The van der Waals surface area contributed by atoms with Gasteiger partial charge in [-0.25, -0.2) is 4.98 Å². The molecular formula is C27H30N6O. The zero-order chi connectivity index (χ0) is 24.5. The molecule has 1 aromatic carbocycles. The summed E-state index contributed by atoms with van der Waals surface area (Å²) in [6.45, 7) is 8.00. The maximum absolute atomic E-state index is 10.6. The highest BCUT2D eigenvalue weighted by molar-refractivity contribution is 5.83. The standard InChI is InChI=1S/C23H18N6O.2C2H6/c24-12-18-21(15-4-6-16(7-5-15)29-11-10-26-14-29)22-17(20-13-25-8-9-27-20)2-1-3-19(22)28-23(18)30;2*1-2/h2,4-11,13-14,21,28,30H,1,3H2;2*1-2H3. The summed E-state index contributed by atoms with van der Waals surface area (Å²) in [5.41, 5.74) is 5.77. The molecule has 174 valence electrons. The molecule has 2 aromatic heterocycles. The predicted octanol–water partition coefficient (Wildman–Crippen LogP) is 5.83. The highest BCUT2D eigenvalue weighted by Gasteiger charge is 2.35. The largest absolute Gasteiger partial charge is 0.494 e. The third-order valence-electron chi connectivity index (χ3n) is 5.45. The van der Waals surface area contributed by atoms with E-state index in [0.29, 0.717) is 5.57 Å². The first-order valence-corrected chi connectivity index (χ1v) is 11.6. The summed E-state index contributed by atoms with van der Waals surface area (Å²) in [4.78, 5) is 12.8. The van der Waals surface area contributed by atoms with E-state index in [1.54, 1.807) is 31.1 Å². The Morgan fingerprint density at radius 1 is 1.06 bits per heavy atom. The maximum Gasteiger partial charge on any atom is 0.203 e. The highest BCUT2D eigenvalue weighted by atomic mass is 16.3. The van der Waals surface area contributed by atoms with Crippen molar-refractivity contribution in [2.75, 3.05) is 0 Å². The number of aromatic nitrogens is 4. The molecule has 0 saturated heterocycles. The summed E-state index contributed by atoms with van der Waals surface area (Å²) < 4.78 is 1.92. The fourth-order valence-electron chi connectivity index (χ4n) is 4.10. The number of allylic oxidation sites excluding steroid dienone is 5. The molecular weight excluding hydrogens is 424 g/mol. The van der Waals surface area contributed by atoms with Crippen molar-refractivity contribution in [1.29, 1.82) is 5.26 Å². The van der Waals surface area contributed by atoms with E-state index in [-0.39, 0.29) is 5.88 Å². The fraction of sp³-hybridized carbons (Fsp3) is 0.259. The summed E-state index contributed by atoms with van der Waals surface area (Å²) in [7, 11) is 0. The number of benzene rings is 1. The molecule has 1 atom stereocenters. The van der Waals surface area contributed by atoms with E-state index in [2.05, 4.69) is 32.4 Å². The van der Waals surface area contributed by atoms with Crippen molar-refractivity contribution in [3.63, 3.8) is 0 Å². The minimum atomic E-state index is -0.392. The second-order valence-corrected chi connectivity index (χ2v) is 7.13. The Morgan fingerprint density at radius 3 is 2.44 bits per heavy atom. The third kappa shape index (κ3) is 4.76. The van der Waals surface area contributed by atoms with E-state index in [4.69, 9.17) is 0 Å². The molecule has 0 bridgehead atoms. The number of aliphatic hydroxyl groups is 1. The van der Waals surface area contributed by atoms with Crippen LogP contribution in [-0.4, -0.2) is 24.6 Å². The lowest BCUT2D eigenvalue weighted by Gasteiger charge is -2.33. The average Bonchev–Trinajstić information content (AvgIpc) is 3.46. The van der Waals surface area contributed by atoms with Crippen molar-refractivity contribution in [2.24, 2.45) is 0 Å². The molecule has 0 saturated carbocycles. The van der Waals surface area contributed by atoms with E-state index < -0.39 is 5.92 Å². The molecule has 0 radical (unpaired) electrons. The number of nitriles is 1. The first kappa shape index (κ1) is 24.5. The zero-order valence-electron chi connectivity index (χ0n) is 20.0. The molecule has 2 aliphatic rings. The number of hydrogen-bond acceptors (Lipinski definition) is 6. The molecule has 7 heteroatoms. The molecule has 0 fully saturated rings. The van der Waals surface area contributed by atoms with Crippen molar-refractivity contribution in [3.8, 4) is 11.8 Å². The summed E-state index contributed by atoms with van der Waals surface area (Å²) in [5, 5.41) is 23.5. The van der Waals surface area contributed by atoms with Crippen LogP contribution in [0.3, 0.4) is 0 Å². The van der Waals surface area contributed by atoms with Crippen LogP contribution in [0, 0.1) is 11.3 Å². The van der Waals surface area contributed by atoms with Crippen molar-refractivity contribution in [1.82, 2.24) is 24.8 Å². The van der Waals surface area contributed by atoms with Crippen LogP contribution in [-0.2, 0) is 0 Å². The number of dihydropyridines is 1. The Kier molecular flexibility index (Phi) is 8.36. The molecule has 1 unspecified atom stereocenters. The SMILES string of the molecule is CC.CC.N#CC1=C(O)NC2=C(C(c3cnccn3)=CCC2)C1c1ccc(-n2ccnc2)cc1. The average molecular weight is 455 g/mol. The van der Waals surface area contributed by atoms with Crippen LogP contribution in [0.15, 0.2) is 90.4 Å². The second kappa shape index (κ2) is 11.6. The van der Waals surface area contributed by atoms with Gasteiger partial charge in [0.15, 0.2) is 0 Å². The van der Waals surface area contributed by atoms with Crippen molar-refractivity contribution >= 4 is 5.57 Å². The van der Waals surface area contributed by atoms with Gasteiger partial charge in [0.25, 0.3) is 0 Å². The minimum Gasteiger partial charge on any atom is -0.494 e. The lowest BCUT2D eigenvalue weighted by molar-refractivity contribution is 0.361. The molecule has 3 heterocycles. The van der Waals surface area contributed by atoms with Gasteiger partial charge in [0.2, 0.25) is 5.88 Å². The van der Waals surface area contributed by atoms with E-state index in [1.807, 2.05) is 62.7 Å². The van der Waals surface area contributed by atoms with Crippen LogP contribution in [0.25, 0.3) is 11.3 Å². The van der Waals surface area contributed by atoms with Crippen LogP contribution in [0.2, 0.25) is 0 Å². The summed E-state index contributed by atoms with van der Waals surface area (Å²) >= 11 is 0. The van der Waals surface area contributed by atoms with E-state index in [1.165, 1.54) is 0 Å². The van der Waals surface area contributed by atoms with Gasteiger partial charge in [-0.1, -0.05) is 45.9 Å². The van der Waals surface area contributed by atoms with Crippen LogP contribution in [0.5, 0.6) is 0 Å². The fourth-order valence-corrected chi connectivity index (χ4v) is 4.10. The molecule has 1 aliphatic heterocycles. The van der Waals surface area contributed by atoms with Gasteiger partial charge in [0.1, 0.15) is 11.6 Å². The van der Waals surface area contributed by atoms with Crippen molar-refractivity contribution < 1.29 is 5.11 Å². The van der Waals surface area contributed by atoms with E-state index in [9.17, 15) is 10.4 Å². The van der Waals surface area contributed by atoms with Crippen molar-refractivity contribution in [3.05, 3.63) is 102 Å². The lowest BCUT2D eigenvalue weighted by atomic mass is 9.75. The Labute approximate surface area is 200 Å². The number of imidazole rings is 1. The number of nitrogens with one attached hydrogen (secondary N) is 1. The number of rotatable bonds is 3. The van der Waals surface area contributed by atoms with Gasteiger partial charge in [-0.2, -0.15) is 5.26 Å². The Morgan fingerprint density at radius 2 is 1.82 bits per heavy atom. The summed E-state index contributed by atoms with van der Waals surface area (Å²) in [6.07, 6.45) is 14.1. The van der Waals surface area contributed by atoms with E-state index in [0.717, 1.165) is 46.6 Å². The zero-order valence-corrected chi connectivity index (χ0v) is 20.0. The third-order valence-corrected chi connectivity index (χ3v) is 5.45. The highest BCUT2D eigenvalue weighted by Crippen LogP contribution is 2.46. The molecule has 1 aliphatic carbocycles. The first-order chi connectivity index (χ1) is 16.8. The van der Waals surface area contributed by atoms with Gasteiger partial charge in [-0.15, -0.1) is 0 Å². The van der Waals surface area contributed by atoms with Crippen LogP contribution in [0.1, 0.15) is 57.7 Å². The molecule has 5 rings (SSSR count). The monoisotopic (exact) mass is 454 g/mol. The number of nitrogens with zero attached hydrogens (tertiary/aromatic N) is 5. The molecule has 3 aromatic rings. The minimum absolute atomic E-state index is 0.0830. The molecule has 0 amide bonds. The second-order valence-electron chi connectivity index (χ2n) is 7.13. The molecule has 0 spiro atoms. The maximum atomic E-state index is 10.6. The van der Waals surface area contributed by atoms with Crippen LogP contribution in [0.4, 0.5) is 0 Å². The summed E-state index contributed by atoms with van der Waals surface area (Å²) in [6, 6.07) is 10.2. The Balaban J connectivity index is 0.000000771. The quantitative estimate of drug-likeness (QED) is 0.517. The Hall–Kier alpha value is -4.18. The van der Waals surface area contributed by atoms with Gasteiger partial charge in [0.05, 0.1) is 24.1 Å². The van der Waals surface area contributed by atoms with Gasteiger partial charge in [-0.05, 0) is 36.1 Å². The molecule has 7 nitrogen and oxygen atoms in total. The topological polar surface area (TPSA) is 99.6 Å². The smallest absolute Gasteiger partial charge is 0.203 e. The van der Waals surface area contributed by atoms with Crippen molar-refractivity contribution in [2.45, 2.75) is 46.5 Å². The normalized spacial score (nSPS) is 16.6. The first-order valence-electron chi connectivity index (χ1n) is 11.6. The predicted molar refractivity (Wildman–Crippen MR) is 134 cm³/mol. The van der Waals surface area contributed by atoms with Crippen LogP contribution >= 0.6 is 0 Å².